The van der Waals surface area contributed by atoms with Crippen LogP contribution in [0.2, 0.25) is 0 Å². The highest BCUT2D eigenvalue weighted by molar-refractivity contribution is 5.76. The van der Waals surface area contributed by atoms with E-state index in [1.165, 1.54) is 57.8 Å². The molecule has 0 spiro atoms. The second-order valence-corrected chi connectivity index (χ2v) is 14.4. The van der Waals surface area contributed by atoms with Crippen molar-refractivity contribution in [1.82, 2.24) is 5.32 Å². The van der Waals surface area contributed by atoms with Crippen LogP contribution in [0.25, 0.3) is 0 Å². The minimum atomic E-state index is -0.895. The highest BCUT2D eigenvalue weighted by Crippen LogP contribution is 2.11. The summed E-state index contributed by atoms with van der Waals surface area (Å²) in [5.41, 5.74) is 0. The number of rotatable bonds is 38. The molecule has 0 aliphatic rings. The number of aliphatic hydroxyl groups excluding tert-OH is 2. The lowest BCUT2D eigenvalue weighted by Gasteiger charge is -2.19. The first-order valence-corrected chi connectivity index (χ1v) is 22.4. The molecule has 2 atom stereocenters. The van der Waals surface area contributed by atoms with E-state index in [4.69, 9.17) is 0 Å². The van der Waals surface area contributed by atoms with Crippen LogP contribution >= 0.6 is 0 Å². The van der Waals surface area contributed by atoms with Crippen molar-refractivity contribution in [3.05, 3.63) is 134 Å². The molecule has 0 radical (unpaired) electrons. The molecule has 0 aliphatic carbocycles. The van der Waals surface area contributed by atoms with Gasteiger partial charge < -0.3 is 15.5 Å². The van der Waals surface area contributed by atoms with Gasteiger partial charge in [-0.05, 0) is 96.3 Å². The van der Waals surface area contributed by atoms with Crippen molar-refractivity contribution in [1.29, 1.82) is 0 Å². The van der Waals surface area contributed by atoms with Gasteiger partial charge >= 0.3 is 0 Å². The van der Waals surface area contributed by atoms with E-state index < -0.39 is 12.1 Å². The standard InChI is InChI=1S/C52H83NO3/c1-3-5-7-9-11-13-15-17-19-20-21-22-23-24-25-26-27-28-29-30-31-32-34-36-38-40-42-44-46-48-52(56)53-50(49-54)51(55)47-45-43-41-39-37-35-33-18-16-14-12-10-8-6-4-2/h5,7,11,13,17,19,21-22,24-25,27-28,30-31,34,36-37,39-40,42,45,47,50-51,54-55H,3-4,6,8-10,12,14-16,18,20,23,26,29,32-33,35,38,41,43-44,46,48-49H2,1-2H3,(H,53,56)/b7-5-,13-11-,19-17-,22-21-,25-24-,28-27-,31-30-,36-34-,39-37+,42-40-,47-45+. The number of allylic oxidation sites excluding steroid dienone is 21. The Kier molecular flexibility index (Phi) is 43.1. The third-order valence-electron chi connectivity index (χ3n) is 9.12. The first-order valence-electron chi connectivity index (χ1n) is 22.4. The molecule has 0 saturated carbocycles. The molecule has 314 valence electrons. The molecule has 0 aliphatic heterocycles. The molecule has 0 aromatic rings. The Morgan fingerprint density at radius 2 is 0.804 bits per heavy atom. The first kappa shape index (κ1) is 52.5. The van der Waals surface area contributed by atoms with Crippen molar-refractivity contribution in [3.63, 3.8) is 0 Å². The van der Waals surface area contributed by atoms with Gasteiger partial charge in [0.25, 0.3) is 0 Å². The Balaban J connectivity index is 3.82. The van der Waals surface area contributed by atoms with E-state index in [1.54, 1.807) is 6.08 Å². The lowest BCUT2D eigenvalue weighted by molar-refractivity contribution is -0.122. The van der Waals surface area contributed by atoms with Gasteiger partial charge in [-0.1, -0.05) is 199 Å². The highest BCUT2D eigenvalue weighted by atomic mass is 16.3. The van der Waals surface area contributed by atoms with Crippen LogP contribution in [0, 0.1) is 0 Å². The molecule has 4 nitrogen and oxygen atoms in total. The van der Waals surface area contributed by atoms with Crippen molar-refractivity contribution in [2.45, 2.75) is 180 Å². The summed E-state index contributed by atoms with van der Waals surface area (Å²) in [6.07, 6.45) is 72.7. The molecule has 4 heteroatoms. The quantitative estimate of drug-likeness (QED) is 0.0433. The van der Waals surface area contributed by atoms with Gasteiger partial charge in [0.1, 0.15) is 0 Å². The zero-order valence-electron chi connectivity index (χ0n) is 35.8. The van der Waals surface area contributed by atoms with Crippen molar-refractivity contribution in [3.8, 4) is 0 Å². The second kappa shape index (κ2) is 45.9. The van der Waals surface area contributed by atoms with Gasteiger partial charge in [0.05, 0.1) is 18.8 Å². The van der Waals surface area contributed by atoms with Gasteiger partial charge in [0.2, 0.25) is 5.91 Å². The predicted molar refractivity (Wildman–Crippen MR) is 248 cm³/mol. The van der Waals surface area contributed by atoms with Crippen LogP contribution in [-0.2, 0) is 4.79 Å². The molecule has 0 rings (SSSR count). The Labute approximate surface area is 345 Å². The van der Waals surface area contributed by atoms with Gasteiger partial charge in [0.15, 0.2) is 0 Å². The zero-order chi connectivity index (χ0) is 40.7. The molecule has 2 unspecified atom stereocenters. The number of nitrogens with one attached hydrogen (secondary N) is 1. The topological polar surface area (TPSA) is 69.6 Å². The molecule has 56 heavy (non-hydrogen) atoms. The molecular formula is C52H83NO3. The Morgan fingerprint density at radius 1 is 0.446 bits per heavy atom. The van der Waals surface area contributed by atoms with Crippen LogP contribution in [0.3, 0.4) is 0 Å². The van der Waals surface area contributed by atoms with E-state index in [1.807, 2.05) is 6.08 Å². The number of hydrogen-bond acceptors (Lipinski definition) is 3. The number of hydrogen-bond donors (Lipinski definition) is 3. The second-order valence-electron chi connectivity index (χ2n) is 14.4. The van der Waals surface area contributed by atoms with Gasteiger partial charge in [-0.15, -0.1) is 0 Å². The number of carbonyl (C=O) groups is 1. The lowest BCUT2D eigenvalue weighted by Crippen LogP contribution is -2.45. The zero-order valence-corrected chi connectivity index (χ0v) is 35.8. The van der Waals surface area contributed by atoms with E-state index in [-0.39, 0.29) is 12.5 Å². The van der Waals surface area contributed by atoms with Gasteiger partial charge in [-0.2, -0.15) is 0 Å². The maximum Gasteiger partial charge on any atom is 0.220 e. The molecule has 0 aromatic heterocycles. The summed E-state index contributed by atoms with van der Waals surface area (Å²) in [6, 6.07) is -0.679. The van der Waals surface area contributed by atoms with E-state index in [0.717, 1.165) is 89.9 Å². The molecule has 1 amide bonds. The molecular weight excluding hydrogens is 687 g/mol. The smallest absolute Gasteiger partial charge is 0.220 e. The Morgan fingerprint density at radius 3 is 1.25 bits per heavy atom. The summed E-state index contributed by atoms with van der Waals surface area (Å²) in [7, 11) is 0. The largest absolute Gasteiger partial charge is 0.394 e. The number of amides is 1. The number of carbonyl (C=O) groups excluding carboxylic acids is 1. The lowest BCUT2D eigenvalue weighted by atomic mass is 10.1. The summed E-state index contributed by atoms with van der Waals surface area (Å²) in [5, 5.41) is 22.9. The molecule has 3 N–H and O–H groups in total. The summed E-state index contributed by atoms with van der Waals surface area (Å²) in [5.74, 6) is -0.139. The minimum Gasteiger partial charge on any atom is -0.394 e. The molecule has 0 aromatic carbocycles. The van der Waals surface area contributed by atoms with Crippen LogP contribution < -0.4 is 5.32 Å². The molecule has 0 fully saturated rings. The Hall–Kier alpha value is -3.47. The number of aliphatic hydroxyl groups is 2. The average molecular weight is 770 g/mol. The fourth-order valence-electron chi connectivity index (χ4n) is 5.72. The molecule has 0 saturated heterocycles. The van der Waals surface area contributed by atoms with Crippen molar-refractivity contribution in [2.75, 3.05) is 6.61 Å². The van der Waals surface area contributed by atoms with Gasteiger partial charge in [-0.25, -0.2) is 0 Å². The van der Waals surface area contributed by atoms with Crippen LogP contribution in [0.5, 0.6) is 0 Å². The monoisotopic (exact) mass is 770 g/mol. The van der Waals surface area contributed by atoms with Crippen LogP contribution in [0.1, 0.15) is 168 Å². The summed E-state index contributed by atoms with van der Waals surface area (Å²) in [6.45, 7) is 4.13. The Bertz CT molecular complexity index is 1190. The van der Waals surface area contributed by atoms with E-state index >= 15 is 0 Å². The first-order chi connectivity index (χ1) is 27.7. The van der Waals surface area contributed by atoms with Crippen LogP contribution in [0.15, 0.2) is 134 Å². The van der Waals surface area contributed by atoms with Gasteiger partial charge in [-0.3, -0.25) is 4.79 Å². The van der Waals surface area contributed by atoms with E-state index in [0.29, 0.717) is 6.42 Å². The van der Waals surface area contributed by atoms with Crippen molar-refractivity contribution < 1.29 is 15.0 Å². The summed E-state index contributed by atoms with van der Waals surface area (Å²) < 4.78 is 0. The summed E-state index contributed by atoms with van der Waals surface area (Å²) in [4.78, 5) is 12.4. The fraction of sp³-hybridized carbons (Fsp3) is 0.558. The van der Waals surface area contributed by atoms with Crippen molar-refractivity contribution in [2.24, 2.45) is 0 Å². The predicted octanol–water partition coefficient (Wildman–Crippen LogP) is 14.3. The maximum atomic E-state index is 12.4. The van der Waals surface area contributed by atoms with E-state index in [2.05, 4.69) is 141 Å². The number of unbranched alkanes of at least 4 members (excludes halogenated alkanes) is 11. The maximum absolute atomic E-state index is 12.4. The average Bonchev–Trinajstić information content (AvgIpc) is 3.20. The minimum absolute atomic E-state index is 0.139. The molecule has 0 heterocycles. The third-order valence-corrected chi connectivity index (χ3v) is 9.12. The van der Waals surface area contributed by atoms with Crippen molar-refractivity contribution >= 4 is 5.91 Å². The highest BCUT2D eigenvalue weighted by Gasteiger charge is 2.17. The van der Waals surface area contributed by atoms with Gasteiger partial charge in [0, 0.05) is 6.42 Å². The fourth-order valence-corrected chi connectivity index (χ4v) is 5.72. The van der Waals surface area contributed by atoms with Crippen LogP contribution in [0.4, 0.5) is 0 Å². The van der Waals surface area contributed by atoms with Crippen LogP contribution in [-0.4, -0.2) is 34.9 Å². The molecule has 0 bridgehead atoms. The normalized spacial score (nSPS) is 14.3. The SMILES string of the molecule is CC/C=C\C/C=C\C/C=C\C/C=C\C/C=C\C/C=C\C/C=C\C/C=C\C/C=C\CCCC(=O)NC(CO)C(O)/C=C/CC/C=C/CCCCCCCCCCC. The third kappa shape index (κ3) is 41.7. The van der Waals surface area contributed by atoms with E-state index in [9.17, 15) is 15.0 Å². The summed E-state index contributed by atoms with van der Waals surface area (Å²) >= 11 is 0.